The van der Waals surface area contributed by atoms with Crippen LogP contribution in [0.5, 0.6) is 0 Å². The molecule has 6 atom stereocenters. The van der Waals surface area contributed by atoms with Gasteiger partial charge in [0.25, 0.3) is 5.79 Å². The first kappa shape index (κ1) is 18.7. The normalized spacial score (nSPS) is 34.7. The lowest BCUT2D eigenvalue weighted by Gasteiger charge is -2.45. The SMILES string of the molecule is CO[C@]1(C(=O)O)C[C@H](O)[C@@H](NC(C)=O)[C@H]([C@H](O)[C@H](O)C[NH3+])O1. The number of quaternary nitrogens is 1. The van der Waals surface area contributed by atoms with Gasteiger partial charge in [-0.05, 0) is 0 Å². The zero-order valence-corrected chi connectivity index (χ0v) is 12.4. The van der Waals surface area contributed by atoms with Crippen molar-refractivity contribution >= 4 is 11.9 Å². The van der Waals surface area contributed by atoms with Gasteiger partial charge in [0.15, 0.2) is 0 Å². The number of rotatable bonds is 6. The molecule has 1 amide bonds. The largest absolute Gasteiger partial charge is 0.477 e. The van der Waals surface area contributed by atoms with Crippen LogP contribution in [-0.4, -0.2) is 82.2 Å². The second-order valence-electron chi connectivity index (χ2n) is 5.19. The molecule has 1 saturated heterocycles. The van der Waals surface area contributed by atoms with Crippen LogP contribution >= 0.6 is 0 Å². The van der Waals surface area contributed by atoms with Crippen molar-refractivity contribution in [1.82, 2.24) is 5.32 Å². The maximum atomic E-state index is 11.4. The zero-order chi connectivity index (χ0) is 17.1. The molecule has 0 aromatic rings. The van der Waals surface area contributed by atoms with Crippen molar-refractivity contribution in [3.05, 3.63) is 0 Å². The van der Waals surface area contributed by atoms with Crippen molar-refractivity contribution in [2.75, 3.05) is 13.7 Å². The summed E-state index contributed by atoms with van der Waals surface area (Å²) in [6, 6.07) is -1.10. The van der Waals surface area contributed by atoms with E-state index in [0.717, 1.165) is 7.11 Å². The average Bonchev–Trinajstić information content (AvgIpc) is 2.46. The highest BCUT2D eigenvalue weighted by molar-refractivity contribution is 5.76. The predicted octanol–water partition coefficient (Wildman–Crippen LogP) is -3.97. The van der Waals surface area contributed by atoms with Gasteiger partial charge in [0.1, 0.15) is 24.9 Å². The van der Waals surface area contributed by atoms with Crippen LogP contribution in [0.1, 0.15) is 13.3 Å². The molecule has 1 rings (SSSR count). The lowest BCUT2D eigenvalue weighted by molar-refractivity contribution is -0.393. The van der Waals surface area contributed by atoms with Crippen molar-refractivity contribution in [1.29, 1.82) is 0 Å². The average molecular weight is 323 g/mol. The number of carboxylic acids is 1. The van der Waals surface area contributed by atoms with Crippen molar-refractivity contribution in [2.45, 2.75) is 49.6 Å². The van der Waals surface area contributed by atoms with Crippen LogP contribution in [0, 0.1) is 0 Å². The van der Waals surface area contributed by atoms with E-state index in [2.05, 4.69) is 11.1 Å². The zero-order valence-electron chi connectivity index (χ0n) is 12.4. The number of methoxy groups -OCH3 is 1. The second-order valence-corrected chi connectivity index (χ2v) is 5.19. The van der Waals surface area contributed by atoms with Gasteiger partial charge in [0.05, 0.1) is 12.1 Å². The first-order valence-electron chi connectivity index (χ1n) is 6.75. The van der Waals surface area contributed by atoms with E-state index in [-0.39, 0.29) is 6.54 Å². The van der Waals surface area contributed by atoms with Gasteiger partial charge in [-0.1, -0.05) is 0 Å². The van der Waals surface area contributed by atoms with E-state index in [1.807, 2.05) is 0 Å². The Bertz CT molecular complexity index is 420. The van der Waals surface area contributed by atoms with Crippen molar-refractivity contribution in [3.8, 4) is 0 Å². The Kier molecular flexibility index (Phi) is 6.23. The third-order valence-corrected chi connectivity index (χ3v) is 3.62. The maximum Gasteiger partial charge on any atom is 0.364 e. The highest BCUT2D eigenvalue weighted by Crippen LogP contribution is 2.32. The minimum Gasteiger partial charge on any atom is -0.477 e. The molecule has 1 fully saturated rings. The summed E-state index contributed by atoms with van der Waals surface area (Å²) in [5, 5.41) is 41.7. The fourth-order valence-corrected chi connectivity index (χ4v) is 2.40. The molecule has 1 aliphatic rings. The van der Waals surface area contributed by atoms with E-state index >= 15 is 0 Å². The number of ether oxygens (including phenoxy) is 2. The molecule has 1 aliphatic heterocycles. The first-order chi connectivity index (χ1) is 10.2. The highest BCUT2D eigenvalue weighted by Gasteiger charge is 2.55. The van der Waals surface area contributed by atoms with E-state index in [1.54, 1.807) is 0 Å². The Morgan fingerprint density at radius 2 is 2.09 bits per heavy atom. The Labute approximate surface area is 126 Å². The van der Waals surface area contributed by atoms with E-state index < -0.39 is 54.5 Å². The van der Waals surface area contributed by atoms with E-state index in [1.165, 1.54) is 6.92 Å². The number of aliphatic carboxylic acids is 1. The number of nitrogens with one attached hydrogen (secondary N) is 1. The summed E-state index contributed by atoms with van der Waals surface area (Å²) < 4.78 is 10.2. The van der Waals surface area contributed by atoms with Crippen LogP contribution in [0.3, 0.4) is 0 Å². The molecule has 8 N–H and O–H groups in total. The number of carbonyl (C=O) groups is 2. The van der Waals surface area contributed by atoms with Crippen LogP contribution in [-0.2, 0) is 19.1 Å². The minimum atomic E-state index is -2.18. The van der Waals surface area contributed by atoms with Gasteiger partial charge in [-0.3, -0.25) is 4.79 Å². The topological polar surface area (TPSA) is 173 Å². The number of aliphatic hydroxyl groups is 3. The molecule has 0 bridgehead atoms. The van der Waals surface area contributed by atoms with E-state index in [0.29, 0.717) is 0 Å². The smallest absolute Gasteiger partial charge is 0.364 e. The molecule has 10 nitrogen and oxygen atoms in total. The second kappa shape index (κ2) is 7.31. The number of amides is 1. The molecule has 128 valence electrons. The molecule has 0 aliphatic carbocycles. The van der Waals surface area contributed by atoms with Gasteiger partial charge < -0.3 is 41.0 Å². The molecule has 22 heavy (non-hydrogen) atoms. The van der Waals surface area contributed by atoms with Crippen molar-refractivity contribution < 1.29 is 45.2 Å². The Morgan fingerprint density at radius 1 is 1.50 bits per heavy atom. The number of carbonyl (C=O) groups excluding carboxylic acids is 1. The minimum absolute atomic E-state index is 0.0725. The lowest BCUT2D eigenvalue weighted by atomic mass is 9.88. The summed E-state index contributed by atoms with van der Waals surface area (Å²) in [4.78, 5) is 22.6. The first-order valence-corrected chi connectivity index (χ1v) is 6.75. The Morgan fingerprint density at radius 3 is 2.50 bits per heavy atom. The molecule has 0 radical (unpaired) electrons. The molecule has 0 aromatic carbocycles. The van der Waals surface area contributed by atoms with E-state index in [4.69, 9.17) is 9.47 Å². The summed E-state index contributed by atoms with van der Waals surface area (Å²) in [6.45, 7) is 1.13. The molecule has 1 heterocycles. The van der Waals surface area contributed by atoms with Crippen LogP contribution in [0.25, 0.3) is 0 Å². The Balaban J connectivity index is 3.14. The fraction of sp³-hybridized carbons (Fsp3) is 0.833. The fourth-order valence-electron chi connectivity index (χ4n) is 2.40. The summed E-state index contributed by atoms with van der Waals surface area (Å²) in [7, 11) is 1.08. The summed E-state index contributed by atoms with van der Waals surface area (Å²) >= 11 is 0. The van der Waals surface area contributed by atoms with Crippen LogP contribution in [0.4, 0.5) is 0 Å². The number of carboxylic acid groups (broad SMARTS) is 1. The van der Waals surface area contributed by atoms with E-state index in [9.17, 15) is 30.0 Å². The lowest BCUT2D eigenvalue weighted by Crippen LogP contribution is -2.69. The van der Waals surface area contributed by atoms with Crippen LogP contribution in [0.15, 0.2) is 0 Å². The third-order valence-electron chi connectivity index (χ3n) is 3.62. The summed E-state index contributed by atoms with van der Waals surface area (Å²) in [5.74, 6) is -4.17. The summed E-state index contributed by atoms with van der Waals surface area (Å²) in [5.41, 5.74) is 3.44. The standard InChI is InChI=1S/C12H22N2O8/c1-5(15)14-8-6(16)3-12(21-2,11(19)20)22-10(8)9(18)7(17)4-13/h6-10,16-18H,3-4,13H2,1-2H3,(H,14,15)(H,19,20)/p+1/t6-,7+,8+,9+,10+,12+/m0/s1. The third kappa shape index (κ3) is 3.72. The highest BCUT2D eigenvalue weighted by atomic mass is 16.7. The number of hydrogen-bond acceptors (Lipinski definition) is 7. The molecule has 0 unspecified atom stereocenters. The summed E-state index contributed by atoms with van der Waals surface area (Å²) in [6.07, 6.45) is -6.09. The van der Waals surface area contributed by atoms with Gasteiger partial charge >= 0.3 is 5.97 Å². The van der Waals surface area contributed by atoms with Gasteiger partial charge in [-0.25, -0.2) is 4.79 Å². The molecule has 0 saturated carbocycles. The van der Waals surface area contributed by atoms with Gasteiger partial charge in [0.2, 0.25) is 5.91 Å². The molecule has 10 heteroatoms. The van der Waals surface area contributed by atoms with Gasteiger partial charge in [-0.2, -0.15) is 0 Å². The van der Waals surface area contributed by atoms with Crippen molar-refractivity contribution in [2.24, 2.45) is 0 Å². The van der Waals surface area contributed by atoms with Gasteiger partial charge in [-0.15, -0.1) is 0 Å². The molecule has 0 aromatic heterocycles. The number of hydrogen-bond donors (Lipinski definition) is 6. The van der Waals surface area contributed by atoms with Gasteiger partial charge in [0, 0.05) is 20.5 Å². The Hall–Kier alpha value is -1.30. The monoisotopic (exact) mass is 323 g/mol. The maximum absolute atomic E-state index is 11.4. The predicted molar refractivity (Wildman–Crippen MR) is 70.2 cm³/mol. The van der Waals surface area contributed by atoms with Crippen LogP contribution in [0.2, 0.25) is 0 Å². The molecule has 0 spiro atoms. The van der Waals surface area contributed by atoms with Crippen LogP contribution < -0.4 is 11.1 Å². The van der Waals surface area contributed by atoms with Crippen molar-refractivity contribution in [3.63, 3.8) is 0 Å². The number of aliphatic hydroxyl groups excluding tert-OH is 3. The molecular formula is C12H23N2O8+. The molecular weight excluding hydrogens is 300 g/mol. The quantitative estimate of drug-likeness (QED) is 0.287.